The Kier molecular flexibility index (Phi) is 3.85. The molecule has 116 valence electrons. The van der Waals surface area contributed by atoms with Crippen molar-refractivity contribution < 1.29 is 4.74 Å². The van der Waals surface area contributed by atoms with E-state index in [2.05, 4.69) is 34.1 Å². The molecule has 5 heteroatoms. The summed E-state index contributed by atoms with van der Waals surface area (Å²) in [5.41, 5.74) is 1.92. The minimum Gasteiger partial charge on any atom is -0.378 e. The number of fused-ring (bicyclic) bond motifs is 1. The standard InChI is InChI=1S/C18H16ClN3O/c19-17-12-16(20-18(21-17)22-8-10-23-11-9-22)15-7-3-5-13-4-1-2-6-14(13)15/h1-7,12H,8-11H2. The quantitative estimate of drug-likeness (QED) is 0.672. The van der Waals surface area contributed by atoms with Crippen LogP contribution in [0.15, 0.2) is 48.5 Å². The fourth-order valence-electron chi connectivity index (χ4n) is 2.90. The Hall–Kier alpha value is -2.17. The summed E-state index contributed by atoms with van der Waals surface area (Å²) in [5, 5.41) is 2.81. The topological polar surface area (TPSA) is 38.2 Å². The van der Waals surface area contributed by atoms with Crippen molar-refractivity contribution in [1.82, 2.24) is 9.97 Å². The number of ether oxygens (including phenoxy) is 1. The Labute approximate surface area is 139 Å². The second-order valence-electron chi connectivity index (χ2n) is 5.50. The monoisotopic (exact) mass is 325 g/mol. The molecule has 23 heavy (non-hydrogen) atoms. The van der Waals surface area contributed by atoms with Gasteiger partial charge in [0, 0.05) is 24.7 Å². The number of hydrogen-bond acceptors (Lipinski definition) is 4. The van der Waals surface area contributed by atoms with E-state index >= 15 is 0 Å². The highest BCUT2D eigenvalue weighted by atomic mass is 35.5. The summed E-state index contributed by atoms with van der Waals surface area (Å²) < 4.78 is 5.39. The van der Waals surface area contributed by atoms with Gasteiger partial charge in [-0.15, -0.1) is 0 Å². The highest BCUT2D eigenvalue weighted by Crippen LogP contribution is 2.29. The first-order valence-corrected chi connectivity index (χ1v) is 8.04. The number of halogens is 1. The molecule has 1 aliphatic heterocycles. The van der Waals surface area contributed by atoms with E-state index in [9.17, 15) is 0 Å². The van der Waals surface area contributed by atoms with E-state index in [4.69, 9.17) is 21.3 Å². The van der Waals surface area contributed by atoms with Crippen LogP contribution in [0.1, 0.15) is 0 Å². The molecule has 0 N–H and O–H groups in total. The zero-order valence-electron chi connectivity index (χ0n) is 12.6. The smallest absolute Gasteiger partial charge is 0.227 e. The number of nitrogens with zero attached hydrogens (tertiary/aromatic N) is 3. The maximum Gasteiger partial charge on any atom is 0.227 e. The van der Waals surface area contributed by atoms with Gasteiger partial charge in [0.05, 0.1) is 18.9 Å². The third kappa shape index (κ3) is 2.87. The molecule has 0 amide bonds. The molecule has 3 aromatic rings. The summed E-state index contributed by atoms with van der Waals surface area (Å²) >= 11 is 6.26. The molecule has 1 aliphatic rings. The van der Waals surface area contributed by atoms with Gasteiger partial charge in [-0.05, 0) is 10.8 Å². The molecule has 4 rings (SSSR count). The second-order valence-corrected chi connectivity index (χ2v) is 5.89. The highest BCUT2D eigenvalue weighted by Gasteiger charge is 2.16. The Morgan fingerprint density at radius 1 is 0.957 bits per heavy atom. The number of anilines is 1. The third-order valence-corrected chi connectivity index (χ3v) is 4.24. The molecule has 1 saturated heterocycles. The number of hydrogen-bond donors (Lipinski definition) is 0. The van der Waals surface area contributed by atoms with Crippen molar-refractivity contribution >= 4 is 28.3 Å². The van der Waals surface area contributed by atoms with Crippen LogP contribution in [0.25, 0.3) is 22.0 Å². The largest absolute Gasteiger partial charge is 0.378 e. The molecule has 0 unspecified atom stereocenters. The van der Waals surface area contributed by atoms with Gasteiger partial charge < -0.3 is 9.64 Å². The predicted molar refractivity (Wildman–Crippen MR) is 93.0 cm³/mol. The van der Waals surface area contributed by atoms with Crippen LogP contribution in [0.4, 0.5) is 5.95 Å². The summed E-state index contributed by atoms with van der Waals surface area (Å²) in [6.07, 6.45) is 0. The first kappa shape index (κ1) is 14.4. The summed E-state index contributed by atoms with van der Waals surface area (Å²) in [5.74, 6) is 0.670. The van der Waals surface area contributed by atoms with Crippen molar-refractivity contribution in [2.24, 2.45) is 0 Å². The van der Waals surface area contributed by atoms with Crippen molar-refractivity contribution in [3.05, 3.63) is 53.7 Å². The fraction of sp³-hybridized carbons (Fsp3) is 0.222. The molecule has 0 aliphatic carbocycles. The number of rotatable bonds is 2. The van der Waals surface area contributed by atoms with Gasteiger partial charge in [0.1, 0.15) is 5.15 Å². The number of morpholine rings is 1. The lowest BCUT2D eigenvalue weighted by molar-refractivity contribution is 0.122. The summed E-state index contributed by atoms with van der Waals surface area (Å²) in [4.78, 5) is 11.3. The van der Waals surface area contributed by atoms with E-state index in [1.165, 1.54) is 5.39 Å². The van der Waals surface area contributed by atoms with Gasteiger partial charge in [-0.25, -0.2) is 9.97 Å². The van der Waals surface area contributed by atoms with Gasteiger partial charge in [0.25, 0.3) is 0 Å². The molecule has 2 aromatic carbocycles. The van der Waals surface area contributed by atoms with E-state index in [1.807, 2.05) is 24.3 Å². The van der Waals surface area contributed by atoms with Crippen LogP contribution in [0.5, 0.6) is 0 Å². The predicted octanol–water partition coefficient (Wildman–Crippen LogP) is 3.79. The molecular formula is C18H16ClN3O. The minimum absolute atomic E-state index is 0.462. The minimum atomic E-state index is 0.462. The van der Waals surface area contributed by atoms with Gasteiger partial charge in [0.2, 0.25) is 5.95 Å². The maximum absolute atomic E-state index is 6.26. The van der Waals surface area contributed by atoms with Crippen molar-refractivity contribution in [2.75, 3.05) is 31.2 Å². The Bertz CT molecular complexity index is 841. The normalized spacial score (nSPS) is 15.1. The zero-order valence-corrected chi connectivity index (χ0v) is 13.3. The van der Waals surface area contributed by atoms with E-state index in [0.29, 0.717) is 24.3 Å². The van der Waals surface area contributed by atoms with Crippen LogP contribution in [0.2, 0.25) is 5.15 Å². The third-order valence-electron chi connectivity index (χ3n) is 4.04. The number of aromatic nitrogens is 2. The first-order chi connectivity index (χ1) is 11.3. The van der Waals surface area contributed by atoms with Gasteiger partial charge >= 0.3 is 0 Å². The lowest BCUT2D eigenvalue weighted by atomic mass is 10.0. The molecule has 0 radical (unpaired) electrons. The van der Waals surface area contributed by atoms with Crippen LogP contribution in [-0.2, 0) is 4.74 Å². The SMILES string of the molecule is Clc1cc(-c2cccc3ccccc23)nc(N2CCOCC2)n1. The molecule has 0 atom stereocenters. The first-order valence-electron chi connectivity index (χ1n) is 7.67. The highest BCUT2D eigenvalue weighted by molar-refractivity contribution is 6.29. The summed E-state index contributed by atoms with van der Waals surface area (Å²) in [6, 6.07) is 16.3. The molecule has 2 heterocycles. The van der Waals surface area contributed by atoms with E-state index in [0.717, 1.165) is 29.7 Å². The fourth-order valence-corrected chi connectivity index (χ4v) is 3.08. The van der Waals surface area contributed by atoms with E-state index in [1.54, 1.807) is 0 Å². The van der Waals surface area contributed by atoms with E-state index < -0.39 is 0 Å². The molecule has 4 nitrogen and oxygen atoms in total. The van der Waals surface area contributed by atoms with Crippen LogP contribution in [0.3, 0.4) is 0 Å². The number of benzene rings is 2. The average molecular weight is 326 g/mol. The van der Waals surface area contributed by atoms with Gasteiger partial charge in [-0.2, -0.15) is 0 Å². The van der Waals surface area contributed by atoms with Crippen LogP contribution >= 0.6 is 11.6 Å². The average Bonchev–Trinajstić information content (AvgIpc) is 2.61. The Morgan fingerprint density at radius 3 is 2.61 bits per heavy atom. The van der Waals surface area contributed by atoms with Crippen molar-refractivity contribution in [1.29, 1.82) is 0 Å². The van der Waals surface area contributed by atoms with Crippen molar-refractivity contribution in [3.8, 4) is 11.3 Å². The van der Waals surface area contributed by atoms with E-state index in [-0.39, 0.29) is 0 Å². The molecule has 1 aromatic heterocycles. The van der Waals surface area contributed by atoms with Gasteiger partial charge in [-0.3, -0.25) is 0 Å². The molecule has 0 spiro atoms. The zero-order chi connectivity index (χ0) is 15.6. The lowest BCUT2D eigenvalue weighted by Crippen LogP contribution is -2.37. The van der Waals surface area contributed by atoms with Crippen molar-refractivity contribution in [3.63, 3.8) is 0 Å². The molecular weight excluding hydrogens is 310 g/mol. The van der Waals surface area contributed by atoms with Crippen molar-refractivity contribution in [2.45, 2.75) is 0 Å². The Morgan fingerprint density at radius 2 is 1.74 bits per heavy atom. The van der Waals surface area contributed by atoms with Gasteiger partial charge in [-0.1, -0.05) is 54.1 Å². The van der Waals surface area contributed by atoms with Crippen LogP contribution in [0, 0.1) is 0 Å². The second kappa shape index (κ2) is 6.14. The molecule has 0 bridgehead atoms. The van der Waals surface area contributed by atoms with Crippen LogP contribution in [-0.4, -0.2) is 36.3 Å². The molecule has 1 fully saturated rings. The molecule has 0 saturated carbocycles. The summed E-state index contributed by atoms with van der Waals surface area (Å²) in [6.45, 7) is 2.96. The maximum atomic E-state index is 6.26. The lowest BCUT2D eigenvalue weighted by Gasteiger charge is -2.27. The Balaban J connectivity index is 1.83. The summed E-state index contributed by atoms with van der Waals surface area (Å²) in [7, 11) is 0. The van der Waals surface area contributed by atoms with Crippen LogP contribution < -0.4 is 4.90 Å². The van der Waals surface area contributed by atoms with Gasteiger partial charge in [0.15, 0.2) is 0 Å².